The van der Waals surface area contributed by atoms with E-state index < -0.39 is 0 Å². The van der Waals surface area contributed by atoms with Gasteiger partial charge in [-0.05, 0) is 31.4 Å². The molecule has 0 spiro atoms. The Hall–Kier alpha value is -2.41. The summed E-state index contributed by atoms with van der Waals surface area (Å²) in [7, 11) is 1.66. The molecule has 1 aromatic carbocycles. The minimum absolute atomic E-state index is 0.0444. The normalized spacial score (nSPS) is 17.0. The van der Waals surface area contributed by atoms with Crippen molar-refractivity contribution in [3.63, 3.8) is 0 Å². The van der Waals surface area contributed by atoms with Gasteiger partial charge in [-0.1, -0.05) is 42.7 Å². The van der Waals surface area contributed by atoms with Gasteiger partial charge < -0.3 is 14.3 Å². The number of nitrogens with zero attached hydrogens (tertiary/aromatic N) is 4. The van der Waals surface area contributed by atoms with Crippen molar-refractivity contribution in [1.82, 2.24) is 19.9 Å². The number of likely N-dealkylation sites (tertiary alicyclic amines) is 1. The minimum atomic E-state index is -0.274. The Morgan fingerprint density at radius 3 is 2.86 bits per heavy atom. The van der Waals surface area contributed by atoms with E-state index in [1.807, 2.05) is 26.0 Å². The van der Waals surface area contributed by atoms with Crippen LogP contribution in [0.15, 0.2) is 28.8 Å². The van der Waals surface area contributed by atoms with E-state index in [1.165, 1.54) is 4.90 Å². The van der Waals surface area contributed by atoms with E-state index in [0.29, 0.717) is 23.3 Å². The average Bonchev–Trinajstić information content (AvgIpc) is 3.17. The maximum absolute atomic E-state index is 12.9. The number of rotatable bonds is 5. The summed E-state index contributed by atoms with van der Waals surface area (Å²) in [5.74, 6) is 0.557. The van der Waals surface area contributed by atoms with Gasteiger partial charge in [0.25, 0.3) is 0 Å². The maximum Gasteiger partial charge on any atom is 0.249 e. The lowest BCUT2D eigenvalue weighted by atomic mass is 10.0. The molecule has 1 aliphatic heterocycles. The van der Waals surface area contributed by atoms with Gasteiger partial charge in [0.05, 0.1) is 6.54 Å². The van der Waals surface area contributed by atoms with Gasteiger partial charge in [0.1, 0.15) is 6.04 Å². The molecule has 1 atom stereocenters. The molecule has 0 aliphatic carbocycles. The number of likely N-dealkylation sites (N-methyl/N-ethyl adjacent to an activating group) is 1. The molecule has 1 unspecified atom stereocenters. The van der Waals surface area contributed by atoms with Gasteiger partial charge in [0, 0.05) is 30.1 Å². The summed E-state index contributed by atoms with van der Waals surface area (Å²) in [6, 6.07) is 6.96. The Bertz CT molecular complexity index is 851. The zero-order valence-corrected chi connectivity index (χ0v) is 17.1. The molecule has 2 amide bonds. The molecule has 1 aliphatic rings. The van der Waals surface area contributed by atoms with Gasteiger partial charge in [0.15, 0.2) is 0 Å². The molecule has 7 nitrogen and oxygen atoms in total. The van der Waals surface area contributed by atoms with Crippen molar-refractivity contribution in [2.45, 2.75) is 39.2 Å². The van der Waals surface area contributed by atoms with Gasteiger partial charge in [-0.3, -0.25) is 9.59 Å². The molecule has 0 bridgehead atoms. The van der Waals surface area contributed by atoms with E-state index in [0.717, 1.165) is 24.8 Å². The first-order valence-electron chi connectivity index (χ1n) is 9.51. The summed E-state index contributed by atoms with van der Waals surface area (Å²) in [5.41, 5.74) is 0.762. The third-order valence-corrected chi connectivity index (χ3v) is 5.11. The van der Waals surface area contributed by atoms with Crippen LogP contribution in [0.3, 0.4) is 0 Å². The van der Waals surface area contributed by atoms with Crippen LogP contribution in [0.4, 0.5) is 0 Å². The van der Waals surface area contributed by atoms with Crippen molar-refractivity contribution in [2.75, 3.05) is 20.1 Å². The van der Waals surface area contributed by atoms with Crippen LogP contribution in [0.25, 0.3) is 11.4 Å². The SMILES string of the molecule is CC(C)C(=O)N(C)CC(=O)N1CCCCC1c1nc(-c2cccc(Cl)c2)no1. The topological polar surface area (TPSA) is 79.5 Å². The van der Waals surface area contributed by atoms with Crippen molar-refractivity contribution in [3.8, 4) is 11.4 Å². The highest BCUT2D eigenvalue weighted by Gasteiger charge is 2.33. The number of carbonyl (C=O) groups is 2. The third kappa shape index (κ3) is 4.52. The Labute approximate surface area is 169 Å². The molecular formula is C20H25ClN4O3. The molecule has 0 radical (unpaired) electrons. The quantitative estimate of drug-likeness (QED) is 0.761. The molecule has 0 saturated carbocycles. The number of aromatic nitrogens is 2. The molecule has 0 N–H and O–H groups in total. The maximum atomic E-state index is 12.9. The first-order chi connectivity index (χ1) is 13.4. The largest absolute Gasteiger partial charge is 0.337 e. The lowest BCUT2D eigenvalue weighted by Gasteiger charge is -2.34. The fourth-order valence-corrected chi connectivity index (χ4v) is 3.60. The predicted octanol–water partition coefficient (Wildman–Crippen LogP) is 3.56. The van der Waals surface area contributed by atoms with E-state index in [9.17, 15) is 9.59 Å². The van der Waals surface area contributed by atoms with Crippen LogP contribution in [0.2, 0.25) is 5.02 Å². The van der Waals surface area contributed by atoms with Gasteiger partial charge in [0.2, 0.25) is 23.5 Å². The van der Waals surface area contributed by atoms with Crippen LogP contribution >= 0.6 is 11.6 Å². The molecule has 3 rings (SSSR count). The Morgan fingerprint density at radius 1 is 1.36 bits per heavy atom. The lowest BCUT2D eigenvalue weighted by Crippen LogP contribution is -2.45. The van der Waals surface area contributed by atoms with Crippen LogP contribution < -0.4 is 0 Å². The molecule has 2 aromatic rings. The average molecular weight is 405 g/mol. The number of hydrogen-bond donors (Lipinski definition) is 0. The first-order valence-corrected chi connectivity index (χ1v) is 9.88. The highest BCUT2D eigenvalue weighted by atomic mass is 35.5. The molecule has 150 valence electrons. The number of hydrogen-bond acceptors (Lipinski definition) is 5. The van der Waals surface area contributed by atoms with Crippen LogP contribution in [-0.4, -0.2) is 51.9 Å². The van der Waals surface area contributed by atoms with Crippen LogP contribution in [0.1, 0.15) is 45.0 Å². The second-order valence-corrected chi connectivity index (χ2v) is 7.85. The molecule has 1 aromatic heterocycles. The number of piperidine rings is 1. The van der Waals surface area contributed by atoms with Crippen LogP contribution in [0, 0.1) is 5.92 Å². The van der Waals surface area contributed by atoms with Gasteiger partial charge >= 0.3 is 0 Å². The van der Waals surface area contributed by atoms with E-state index in [4.69, 9.17) is 16.1 Å². The van der Waals surface area contributed by atoms with Crippen molar-refractivity contribution in [1.29, 1.82) is 0 Å². The number of carbonyl (C=O) groups excluding carboxylic acids is 2. The summed E-state index contributed by atoms with van der Waals surface area (Å²) in [6.07, 6.45) is 2.65. The summed E-state index contributed by atoms with van der Waals surface area (Å²) in [6.45, 7) is 4.30. The summed E-state index contributed by atoms with van der Waals surface area (Å²) >= 11 is 6.04. The second kappa shape index (κ2) is 8.73. The summed E-state index contributed by atoms with van der Waals surface area (Å²) in [5, 5.41) is 4.66. The molecule has 2 heterocycles. The van der Waals surface area contributed by atoms with Crippen molar-refractivity contribution in [3.05, 3.63) is 35.2 Å². The Balaban J connectivity index is 1.76. The van der Waals surface area contributed by atoms with Gasteiger partial charge in [-0.25, -0.2) is 0 Å². The molecule has 28 heavy (non-hydrogen) atoms. The molecular weight excluding hydrogens is 380 g/mol. The zero-order chi connectivity index (χ0) is 20.3. The predicted molar refractivity (Wildman–Crippen MR) is 106 cm³/mol. The highest BCUT2D eigenvalue weighted by molar-refractivity contribution is 6.30. The summed E-state index contributed by atoms with van der Waals surface area (Å²) < 4.78 is 5.49. The molecule has 8 heteroatoms. The monoisotopic (exact) mass is 404 g/mol. The number of amides is 2. The minimum Gasteiger partial charge on any atom is -0.337 e. The third-order valence-electron chi connectivity index (χ3n) is 4.88. The Kier molecular flexibility index (Phi) is 6.34. The van der Waals surface area contributed by atoms with Crippen LogP contribution in [0.5, 0.6) is 0 Å². The standard InChI is InChI=1S/C20H25ClN4O3/c1-13(2)20(27)24(3)12-17(26)25-10-5-4-9-16(25)19-22-18(23-28-19)14-7-6-8-15(21)11-14/h6-8,11,13,16H,4-5,9-10,12H2,1-3H3. The Morgan fingerprint density at radius 2 is 2.14 bits per heavy atom. The van der Waals surface area contributed by atoms with Crippen molar-refractivity contribution < 1.29 is 14.1 Å². The van der Waals surface area contributed by atoms with E-state index in [2.05, 4.69) is 10.1 Å². The van der Waals surface area contributed by atoms with E-state index in [-0.39, 0.29) is 30.3 Å². The smallest absolute Gasteiger partial charge is 0.249 e. The van der Waals surface area contributed by atoms with Gasteiger partial charge in [-0.15, -0.1) is 0 Å². The van der Waals surface area contributed by atoms with Crippen LogP contribution in [-0.2, 0) is 9.59 Å². The van der Waals surface area contributed by atoms with E-state index >= 15 is 0 Å². The van der Waals surface area contributed by atoms with Crippen molar-refractivity contribution >= 4 is 23.4 Å². The highest BCUT2D eigenvalue weighted by Crippen LogP contribution is 2.31. The number of halogens is 1. The second-order valence-electron chi connectivity index (χ2n) is 7.41. The van der Waals surface area contributed by atoms with E-state index in [1.54, 1.807) is 24.1 Å². The lowest BCUT2D eigenvalue weighted by molar-refractivity contribution is -0.143. The number of benzene rings is 1. The molecule has 1 saturated heterocycles. The first kappa shape index (κ1) is 20.3. The van der Waals surface area contributed by atoms with Crippen molar-refractivity contribution in [2.24, 2.45) is 5.92 Å². The summed E-state index contributed by atoms with van der Waals surface area (Å²) in [4.78, 5) is 32.7. The fraction of sp³-hybridized carbons (Fsp3) is 0.500. The zero-order valence-electron chi connectivity index (χ0n) is 16.4. The molecule has 1 fully saturated rings. The fourth-order valence-electron chi connectivity index (χ4n) is 3.41. The van der Waals surface area contributed by atoms with Gasteiger partial charge in [-0.2, -0.15) is 4.98 Å².